The fourth-order valence-electron chi connectivity index (χ4n) is 1.21. The number of hydrogen-bond donors (Lipinski definition) is 1. The second-order valence-electron chi connectivity index (χ2n) is 3.53. The molecule has 0 aliphatic heterocycles. The minimum Gasteiger partial charge on any atom is -0.468 e. The molecular weight excluding hydrogens is 283 g/mol. The van der Waals surface area contributed by atoms with E-state index in [0.717, 1.165) is 12.1 Å². The average Bonchev–Trinajstić information content (AvgIpc) is 2.34. The number of nitrogens with two attached hydrogens (primary N) is 1. The zero-order valence-corrected chi connectivity index (χ0v) is 10.8. The Kier molecular flexibility index (Phi) is 6.58. The summed E-state index contributed by atoms with van der Waals surface area (Å²) in [7, 11) is 1.20. The van der Waals surface area contributed by atoms with Gasteiger partial charge in [-0.15, -0.1) is 12.4 Å². The molecule has 106 valence electrons. The molecule has 0 bridgehead atoms. The molecule has 1 rings (SSSR count). The molecule has 0 saturated carbocycles. The van der Waals surface area contributed by atoms with Crippen LogP contribution in [0.2, 0.25) is 0 Å². The predicted molar refractivity (Wildman–Crippen MR) is 67.7 cm³/mol. The van der Waals surface area contributed by atoms with E-state index in [1.807, 2.05) is 0 Å². The minimum absolute atomic E-state index is 0. The van der Waals surface area contributed by atoms with Gasteiger partial charge in [-0.1, -0.05) is 24.3 Å². The summed E-state index contributed by atoms with van der Waals surface area (Å²) in [5.41, 5.74) is 5.22. The summed E-state index contributed by atoms with van der Waals surface area (Å²) in [6.07, 6.45) is -1.54. The molecule has 0 unspecified atom stereocenters. The van der Waals surface area contributed by atoms with Crippen molar-refractivity contribution >= 4 is 24.5 Å². The Hall–Kier alpha value is -1.53. The number of rotatable bonds is 3. The number of carbonyl (C=O) groups excluding carboxylic acids is 1. The van der Waals surface area contributed by atoms with Crippen molar-refractivity contribution in [2.24, 2.45) is 5.73 Å². The number of esters is 1. The summed E-state index contributed by atoms with van der Waals surface area (Å²) in [4.78, 5) is 11.0. The highest BCUT2D eigenvalue weighted by molar-refractivity contribution is 5.85. The van der Waals surface area contributed by atoms with Crippen molar-refractivity contribution in [1.82, 2.24) is 0 Å². The molecule has 1 aromatic rings. The van der Waals surface area contributed by atoms with Gasteiger partial charge in [0.1, 0.15) is 6.04 Å². The maximum atomic E-state index is 12.3. The summed E-state index contributed by atoms with van der Waals surface area (Å²) < 4.78 is 41.3. The van der Waals surface area contributed by atoms with Crippen molar-refractivity contribution in [2.45, 2.75) is 12.2 Å². The Bertz CT molecular complexity index is 443. The van der Waals surface area contributed by atoms with Crippen LogP contribution in [0.1, 0.15) is 11.1 Å². The lowest BCUT2D eigenvalue weighted by Crippen LogP contribution is -2.28. The Morgan fingerprint density at radius 1 is 1.32 bits per heavy atom. The monoisotopic (exact) mass is 295 g/mol. The van der Waals surface area contributed by atoms with Gasteiger partial charge in [0.2, 0.25) is 0 Å². The van der Waals surface area contributed by atoms with Crippen LogP contribution in [0.15, 0.2) is 30.3 Å². The van der Waals surface area contributed by atoms with Crippen molar-refractivity contribution < 1.29 is 22.7 Å². The summed E-state index contributed by atoms with van der Waals surface area (Å²) in [6.45, 7) is 0. The zero-order chi connectivity index (χ0) is 13.8. The zero-order valence-electron chi connectivity index (χ0n) is 9.98. The van der Waals surface area contributed by atoms with Gasteiger partial charge in [-0.2, -0.15) is 13.2 Å². The molecule has 0 aliphatic rings. The van der Waals surface area contributed by atoms with Gasteiger partial charge in [0.15, 0.2) is 0 Å². The molecular formula is C12H13ClF3NO2. The molecule has 0 aromatic heterocycles. The second kappa shape index (κ2) is 7.16. The third-order valence-electron chi connectivity index (χ3n) is 2.21. The topological polar surface area (TPSA) is 52.3 Å². The normalized spacial score (nSPS) is 12.9. The van der Waals surface area contributed by atoms with Gasteiger partial charge < -0.3 is 10.5 Å². The fourth-order valence-corrected chi connectivity index (χ4v) is 1.21. The van der Waals surface area contributed by atoms with Gasteiger partial charge >= 0.3 is 12.1 Å². The number of methoxy groups -OCH3 is 1. The van der Waals surface area contributed by atoms with Crippen molar-refractivity contribution in [3.8, 4) is 0 Å². The van der Waals surface area contributed by atoms with E-state index in [4.69, 9.17) is 5.73 Å². The van der Waals surface area contributed by atoms with Crippen LogP contribution in [0.25, 0.3) is 6.08 Å². The largest absolute Gasteiger partial charge is 0.468 e. The molecule has 0 fully saturated rings. The van der Waals surface area contributed by atoms with Crippen molar-refractivity contribution in [3.05, 3.63) is 41.5 Å². The van der Waals surface area contributed by atoms with E-state index in [9.17, 15) is 18.0 Å². The van der Waals surface area contributed by atoms with Crippen LogP contribution in [0.4, 0.5) is 13.2 Å². The molecule has 0 aliphatic carbocycles. The fraction of sp³-hybridized carbons (Fsp3) is 0.250. The minimum atomic E-state index is -4.36. The molecule has 0 amide bonds. The molecule has 0 saturated heterocycles. The van der Waals surface area contributed by atoms with Gasteiger partial charge in [-0.05, 0) is 17.7 Å². The van der Waals surface area contributed by atoms with Crippen LogP contribution in [-0.2, 0) is 15.7 Å². The maximum Gasteiger partial charge on any atom is 0.416 e. The second-order valence-corrected chi connectivity index (χ2v) is 3.53. The summed E-state index contributed by atoms with van der Waals surface area (Å²) in [6, 6.07) is 3.58. The molecule has 19 heavy (non-hydrogen) atoms. The molecule has 2 N–H and O–H groups in total. The van der Waals surface area contributed by atoms with E-state index >= 15 is 0 Å². The van der Waals surface area contributed by atoms with Crippen molar-refractivity contribution in [1.29, 1.82) is 0 Å². The lowest BCUT2D eigenvalue weighted by molar-refractivity contribution is -0.141. The Balaban J connectivity index is 0.00000324. The third-order valence-corrected chi connectivity index (χ3v) is 2.21. The van der Waals surface area contributed by atoms with Crippen LogP contribution in [0.5, 0.6) is 0 Å². The number of alkyl halides is 3. The number of hydrogen-bond acceptors (Lipinski definition) is 3. The van der Waals surface area contributed by atoms with E-state index in [-0.39, 0.29) is 12.4 Å². The molecule has 7 heteroatoms. The maximum absolute atomic E-state index is 12.3. The Labute approximate surface area is 114 Å². The Morgan fingerprint density at radius 3 is 2.26 bits per heavy atom. The lowest BCUT2D eigenvalue weighted by atomic mass is 10.1. The highest BCUT2D eigenvalue weighted by Gasteiger charge is 2.29. The number of halogens is 4. The average molecular weight is 296 g/mol. The van der Waals surface area contributed by atoms with E-state index < -0.39 is 23.8 Å². The standard InChI is InChI=1S/C12H12F3NO2.ClH/c1-18-11(17)10(16)7-4-8-2-5-9(6-3-8)12(13,14)15;/h2-7,10H,16H2,1H3;1H/t10-;/m0./s1. The highest BCUT2D eigenvalue weighted by atomic mass is 35.5. The van der Waals surface area contributed by atoms with Gasteiger partial charge in [0, 0.05) is 0 Å². The van der Waals surface area contributed by atoms with Crippen LogP contribution in [0, 0.1) is 0 Å². The van der Waals surface area contributed by atoms with Gasteiger partial charge in [0.05, 0.1) is 12.7 Å². The van der Waals surface area contributed by atoms with E-state index in [1.165, 1.54) is 31.4 Å². The summed E-state index contributed by atoms with van der Waals surface area (Å²) >= 11 is 0. The van der Waals surface area contributed by atoms with Crippen LogP contribution >= 0.6 is 12.4 Å². The van der Waals surface area contributed by atoms with E-state index in [1.54, 1.807) is 0 Å². The quantitative estimate of drug-likeness (QED) is 0.872. The number of ether oxygens (including phenoxy) is 1. The van der Waals surface area contributed by atoms with Crippen molar-refractivity contribution in [2.75, 3.05) is 7.11 Å². The predicted octanol–water partition coefficient (Wildman–Crippen LogP) is 2.64. The smallest absolute Gasteiger partial charge is 0.416 e. The van der Waals surface area contributed by atoms with E-state index in [2.05, 4.69) is 4.74 Å². The molecule has 1 aromatic carbocycles. The first-order valence-corrected chi connectivity index (χ1v) is 5.03. The SMILES string of the molecule is COC(=O)[C@@H](N)C=Cc1ccc(C(F)(F)F)cc1.Cl. The molecule has 0 spiro atoms. The highest BCUT2D eigenvalue weighted by Crippen LogP contribution is 2.29. The lowest BCUT2D eigenvalue weighted by Gasteiger charge is -2.06. The third kappa shape index (κ3) is 5.32. The van der Waals surface area contributed by atoms with Crippen molar-refractivity contribution in [3.63, 3.8) is 0 Å². The van der Waals surface area contributed by atoms with Gasteiger partial charge in [-0.3, -0.25) is 4.79 Å². The first kappa shape index (κ1) is 17.5. The first-order chi connectivity index (χ1) is 8.34. The molecule has 1 atom stereocenters. The summed E-state index contributed by atoms with van der Waals surface area (Å²) in [5, 5.41) is 0. The molecule has 3 nitrogen and oxygen atoms in total. The van der Waals surface area contributed by atoms with Gasteiger partial charge in [0.25, 0.3) is 0 Å². The molecule has 0 heterocycles. The summed E-state index contributed by atoms with van der Waals surface area (Å²) in [5.74, 6) is -0.613. The van der Waals surface area contributed by atoms with Crippen LogP contribution in [0.3, 0.4) is 0 Å². The Morgan fingerprint density at radius 2 is 1.84 bits per heavy atom. The van der Waals surface area contributed by atoms with Crippen LogP contribution < -0.4 is 5.73 Å². The number of carbonyl (C=O) groups is 1. The van der Waals surface area contributed by atoms with Gasteiger partial charge in [-0.25, -0.2) is 0 Å². The first-order valence-electron chi connectivity index (χ1n) is 5.03. The van der Waals surface area contributed by atoms with E-state index in [0.29, 0.717) is 5.56 Å². The molecule has 0 radical (unpaired) electrons. The van der Waals surface area contributed by atoms with Crippen LogP contribution in [-0.4, -0.2) is 19.1 Å². The number of benzene rings is 1.